The van der Waals surface area contributed by atoms with E-state index in [2.05, 4.69) is 4.98 Å². The maximum Gasteiger partial charge on any atom is 0.417 e. The molecule has 0 saturated carbocycles. The lowest BCUT2D eigenvalue weighted by molar-refractivity contribution is -0.136. The molecule has 5 heteroatoms. The van der Waals surface area contributed by atoms with Gasteiger partial charge in [-0.3, -0.25) is 4.79 Å². The first-order valence-electron chi connectivity index (χ1n) is 5.29. The minimum absolute atomic E-state index is 0.00213. The molecule has 1 heterocycles. The Kier molecular flexibility index (Phi) is 2.98. The van der Waals surface area contributed by atoms with E-state index >= 15 is 0 Å². The van der Waals surface area contributed by atoms with Gasteiger partial charge in [-0.2, -0.15) is 13.2 Å². The van der Waals surface area contributed by atoms with E-state index in [1.807, 2.05) is 0 Å². The molecule has 2 aromatic rings. The number of hydrogen-bond acceptors (Lipinski definition) is 1. The van der Waals surface area contributed by atoms with E-state index in [1.54, 1.807) is 25.1 Å². The van der Waals surface area contributed by atoms with Crippen LogP contribution in [0.25, 0.3) is 17.0 Å². The van der Waals surface area contributed by atoms with Gasteiger partial charge in [-0.25, -0.2) is 0 Å². The standard InChI is InChI=1S/C13H10F3NO/c1-2-3-8-4-5-11-9(6-8)10(13(14,15)16)7-12(18)17-11/h2-7H,1H3,(H,17,18). The van der Waals surface area contributed by atoms with Crippen molar-refractivity contribution in [1.82, 2.24) is 4.98 Å². The van der Waals surface area contributed by atoms with E-state index in [4.69, 9.17) is 0 Å². The molecule has 94 valence electrons. The second kappa shape index (κ2) is 4.33. The maximum atomic E-state index is 12.8. The van der Waals surface area contributed by atoms with Crippen molar-refractivity contribution in [2.24, 2.45) is 0 Å². The summed E-state index contributed by atoms with van der Waals surface area (Å²) in [7, 11) is 0. The number of aromatic amines is 1. The van der Waals surface area contributed by atoms with Gasteiger partial charge < -0.3 is 4.98 Å². The highest BCUT2D eigenvalue weighted by Crippen LogP contribution is 2.33. The summed E-state index contributed by atoms with van der Waals surface area (Å²) in [6.45, 7) is 1.78. The molecule has 0 bridgehead atoms. The SMILES string of the molecule is CC=Cc1ccc2[nH]c(=O)cc(C(F)(F)F)c2c1. The van der Waals surface area contributed by atoms with Crippen LogP contribution in [0.1, 0.15) is 18.1 Å². The van der Waals surface area contributed by atoms with Crippen LogP contribution >= 0.6 is 0 Å². The predicted molar refractivity (Wildman–Crippen MR) is 64.3 cm³/mol. The first kappa shape index (κ1) is 12.4. The molecule has 0 spiro atoms. The summed E-state index contributed by atoms with van der Waals surface area (Å²) in [6, 6.07) is 5.12. The van der Waals surface area contributed by atoms with E-state index in [1.165, 1.54) is 12.1 Å². The highest BCUT2D eigenvalue weighted by atomic mass is 19.4. The predicted octanol–water partition coefficient (Wildman–Crippen LogP) is 3.58. The van der Waals surface area contributed by atoms with E-state index in [0.29, 0.717) is 11.6 Å². The van der Waals surface area contributed by atoms with Crippen LogP contribution in [-0.4, -0.2) is 4.98 Å². The molecule has 1 aromatic heterocycles. The number of alkyl halides is 3. The molecule has 0 aliphatic heterocycles. The Morgan fingerprint density at radius 3 is 2.56 bits per heavy atom. The summed E-state index contributed by atoms with van der Waals surface area (Å²) in [5.74, 6) is 0. The number of fused-ring (bicyclic) bond motifs is 1. The molecule has 2 nitrogen and oxygen atoms in total. The number of H-pyrrole nitrogens is 1. The quantitative estimate of drug-likeness (QED) is 0.827. The third-order valence-electron chi connectivity index (χ3n) is 2.53. The summed E-state index contributed by atoms with van der Waals surface area (Å²) in [5, 5.41) is -0.00213. The molecular formula is C13H10F3NO. The minimum Gasteiger partial charge on any atom is -0.322 e. The van der Waals surface area contributed by atoms with Gasteiger partial charge in [-0.15, -0.1) is 0 Å². The molecule has 1 aromatic carbocycles. The first-order valence-corrected chi connectivity index (χ1v) is 5.29. The molecule has 2 rings (SSSR count). The van der Waals surface area contributed by atoms with Gasteiger partial charge in [0.15, 0.2) is 0 Å². The second-order valence-corrected chi connectivity index (χ2v) is 3.85. The summed E-state index contributed by atoms with van der Waals surface area (Å²) < 4.78 is 38.5. The molecule has 0 fully saturated rings. The number of rotatable bonds is 1. The van der Waals surface area contributed by atoms with Crippen molar-refractivity contribution in [3.05, 3.63) is 51.8 Å². The highest BCUT2D eigenvalue weighted by molar-refractivity contribution is 5.84. The van der Waals surface area contributed by atoms with Gasteiger partial charge in [0, 0.05) is 17.0 Å². The summed E-state index contributed by atoms with van der Waals surface area (Å²) in [4.78, 5) is 13.6. The smallest absolute Gasteiger partial charge is 0.322 e. The molecule has 0 atom stereocenters. The van der Waals surface area contributed by atoms with Crippen LogP contribution in [-0.2, 0) is 6.18 Å². The fourth-order valence-corrected chi connectivity index (χ4v) is 1.80. The van der Waals surface area contributed by atoms with Gasteiger partial charge in [0.25, 0.3) is 0 Å². The second-order valence-electron chi connectivity index (χ2n) is 3.85. The van der Waals surface area contributed by atoms with Gasteiger partial charge >= 0.3 is 6.18 Å². The number of nitrogens with one attached hydrogen (secondary N) is 1. The Morgan fingerprint density at radius 2 is 1.94 bits per heavy atom. The largest absolute Gasteiger partial charge is 0.417 e. The molecule has 18 heavy (non-hydrogen) atoms. The van der Waals surface area contributed by atoms with E-state index in [0.717, 1.165) is 0 Å². The van der Waals surface area contributed by atoms with Crippen LogP contribution < -0.4 is 5.56 Å². The van der Waals surface area contributed by atoms with Gasteiger partial charge in [0.05, 0.1) is 5.56 Å². The normalized spacial score (nSPS) is 12.4. The summed E-state index contributed by atoms with van der Waals surface area (Å²) in [6.07, 6.45) is -1.11. The average Bonchev–Trinajstić information content (AvgIpc) is 2.27. The van der Waals surface area contributed by atoms with Crippen molar-refractivity contribution in [2.45, 2.75) is 13.1 Å². The minimum atomic E-state index is -4.54. The van der Waals surface area contributed by atoms with Crippen molar-refractivity contribution in [3.63, 3.8) is 0 Å². The van der Waals surface area contributed by atoms with Crippen LogP contribution in [0.2, 0.25) is 0 Å². The summed E-state index contributed by atoms with van der Waals surface area (Å²) >= 11 is 0. The molecule has 0 amide bonds. The highest BCUT2D eigenvalue weighted by Gasteiger charge is 2.33. The Bertz CT molecular complexity index is 668. The fourth-order valence-electron chi connectivity index (χ4n) is 1.80. The van der Waals surface area contributed by atoms with Crippen molar-refractivity contribution in [1.29, 1.82) is 0 Å². The van der Waals surface area contributed by atoms with Crippen molar-refractivity contribution < 1.29 is 13.2 Å². The van der Waals surface area contributed by atoms with E-state index in [-0.39, 0.29) is 10.9 Å². The number of hydrogen-bond donors (Lipinski definition) is 1. The zero-order valence-electron chi connectivity index (χ0n) is 9.51. The lowest BCUT2D eigenvalue weighted by Crippen LogP contribution is -2.13. The Labute approximate surface area is 101 Å². The molecule has 0 radical (unpaired) electrons. The third kappa shape index (κ3) is 2.30. The van der Waals surface area contributed by atoms with Crippen molar-refractivity contribution >= 4 is 17.0 Å². The Morgan fingerprint density at radius 1 is 1.22 bits per heavy atom. The van der Waals surface area contributed by atoms with Gasteiger partial charge in [0.1, 0.15) is 0 Å². The zero-order chi connectivity index (χ0) is 13.3. The average molecular weight is 253 g/mol. The van der Waals surface area contributed by atoms with Gasteiger partial charge in [-0.1, -0.05) is 18.2 Å². The summed E-state index contributed by atoms with van der Waals surface area (Å²) in [5.41, 5.74) is -0.827. The van der Waals surface area contributed by atoms with Crippen molar-refractivity contribution in [3.8, 4) is 0 Å². The number of benzene rings is 1. The van der Waals surface area contributed by atoms with Gasteiger partial charge in [-0.05, 0) is 24.6 Å². The topological polar surface area (TPSA) is 32.9 Å². The molecule has 0 unspecified atom stereocenters. The lowest BCUT2D eigenvalue weighted by atomic mass is 10.1. The van der Waals surface area contributed by atoms with Crippen LogP contribution in [0.15, 0.2) is 35.1 Å². The number of pyridine rings is 1. The Balaban J connectivity index is 2.82. The van der Waals surface area contributed by atoms with Gasteiger partial charge in [0.2, 0.25) is 5.56 Å². The third-order valence-corrected chi connectivity index (χ3v) is 2.53. The first-order chi connectivity index (χ1) is 8.41. The lowest BCUT2D eigenvalue weighted by Gasteiger charge is -2.10. The number of aromatic nitrogens is 1. The molecule has 0 saturated heterocycles. The number of halogens is 3. The van der Waals surface area contributed by atoms with Crippen LogP contribution in [0.5, 0.6) is 0 Å². The molecular weight excluding hydrogens is 243 g/mol. The number of allylic oxidation sites excluding steroid dienone is 1. The van der Waals surface area contributed by atoms with Crippen LogP contribution in [0, 0.1) is 0 Å². The maximum absolute atomic E-state index is 12.8. The fraction of sp³-hybridized carbons (Fsp3) is 0.154. The zero-order valence-corrected chi connectivity index (χ0v) is 9.51. The Hall–Kier alpha value is -2.04. The monoisotopic (exact) mass is 253 g/mol. The molecule has 0 aliphatic rings. The molecule has 1 N–H and O–H groups in total. The van der Waals surface area contributed by atoms with Crippen LogP contribution in [0.4, 0.5) is 13.2 Å². The van der Waals surface area contributed by atoms with Crippen molar-refractivity contribution in [2.75, 3.05) is 0 Å². The van der Waals surface area contributed by atoms with E-state index in [9.17, 15) is 18.0 Å². The van der Waals surface area contributed by atoms with E-state index < -0.39 is 17.3 Å². The molecule has 0 aliphatic carbocycles. The van der Waals surface area contributed by atoms with Crippen LogP contribution in [0.3, 0.4) is 0 Å².